The molecule has 0 fully saturated rings. The average molecular weight is 336 g/mol. The molecule has 0 atom stereocenters. The number of hydrogen-bond acceptors (Lipinski definition) is 4. The molecule has 0 saturated carbocycles. The number of hydrogen-bond donors (Lipinski definition) is 1. The van der Waals surface area contributed by atoms with Crippen LogP contribution in [0.1, 0.15) is 16.9 Å². The fourth-order valence-corrected chi connectivity index (χ4v) is 4.26. The number of rotatable bonds is 4. The molecule has 1 amide bonds. The Bertz CT molecular complexity index is 798. The highest BCUT2D eigenvalue weighted by Gasteiger charge is 2.23. The second kappa shape index (κ2) is 5.83. The summed E-state index contributed by atoms with van der Waals surface area (Å²) in [6, 6.07) is 8.69. The van der Waals surface area contributed by atoms with E-state index >= 15 is 0 Å². The number of thiophene rings is 1. The fourth-order valence-electron chi connectivity index (χ4n) is 2.46. The standard InChI is InChI=1S/C15H16N2O3S2/c1-17-14-6-5-13(9-11(14)4-7-15(17)18)22(19,20)16-10-12-3-2-8-21-12/h2-3,5-6,8-9,16H,4,7,10H2,1H3. The maximum Gasteiger partial charge on any atom is 0.240 e. The molecule has 0 bridgehead atoms. The number of nitrogens with one attached hydrogen (secondary N) is 1. The minimum atomic E-state index is -3.55. The van der Waals surface area contributed by atoms with Crippen LogP contribution < -0.4 is 9.62 Å². The van der Waals surface area contributed by atoms with Crippen molar-refractivity contribution >= 4 is 33.0 Å². The number of benzene rings is 1. The van der Waals surface area contributed by atoms with Gasteiger partial charge in [-0.2, -0.15) is 0 Å². The Morgan fingerprint density at radius 3 is 2.82 bits per heavy atom. The number of anilines is 1. The largest absolute Gasteiger partial charge is 0.315 e. The summed E-state index contributed by atoms with van der Waals surface area (Å²) in [6.07, 6.45) is 0.989. The second-order valence-electron chi connectivity index (χ2n) is 5.15. The minimum Gasteiger partial charge on any atom is -0.315 e. The van der Waals surface area contributed by atoms with Crippen molar-refractivity contribution in [3.63, 3.8) is 0 Å². The molecule has 3 rings (SSSR count). The van der Waals surface area contributed by atoms with Crippen molar-refractivity contribution < 1.29 is 13.2 Å². The van der Waals surface area contributed by atoms with Gasteiger partial charge in [-0.1, -0.05) is 6.07 Å². The zero-order valence-corrected chi connectivity index (χ0v) is 13.7. The second-order valence-corrected chi connectivity index (χ2v) is 7.95. The lowest BCUT2D eigenvalue weighted by Gasteiger charge is -2.26. The first kappa shape index (κ1) is 15.2. The SMILES string of the molecule is CN1C(=O)CCc2cc(S(=O)(=O)NCc3cccs3)ccc21. The van der Waals surface area contributed by atoms with E-state index in [1.54, 1.807) is 30.1 Å². The lowest BCUT2D eigenvalue weighted by molar-refractivity contribution is -0.118. The van der Waals surface area contributed by atoms with Crippen LogP contribution in [0.15, 0.2) is 40.6 Å². The molecule has 0 spiro atoms. The van der Waals surface area contributed by atoms with Crippen LogP contribution in [-0.2, 0) is 27.8 Å². The summed E-state index contributed by atoms with van der Waals surface area (Å²) in [5.74, 6) is 0.0546. The number of carbonyl (C=O) groups excluding carboxylic acids is 1. The van der Waals surface area contributed by atoms with Crippen molar-refractivity contribution in [2.45, 2.75) is 24.3 Å². The number of nitrogens with zero attached hydrogens (tertiary/aromatic N) is 1. The van der Waals surface area contributed by atoms with Crippen LogP contribution in [0.5, 0.6) is 0 Å². The van der Waals surface area contributed by atoms with Gasteiger partial charge in [0.15, 0.2) is 0 Å². The summed E-state index contributed by atoms with van der Waals surface area (Å²) in [4.78, 5) is 14.5. The van der Waals surface area contributed by atoms with Crippen LogP contribution >= 0.6 is 11.3 Å². The molecule has 0 unspecified atom stereocenters. The van der Waals surface area contributed by atoms with Gasteiger partial charge in [0.05, 0.1) is 4.90 Å². The molecule has 1 aromatic heterocycles. The summed E-state index contributed by atoms with van der Waals surface area (Å²) >= 11 is 1.51. The van der Waals surface area contributed by atoms with Crippen LogP contribution in [0.2, 0.25) is 0 Å². The van der Waals surface area contributed by atoms with Gasteiger partial charge < -0.3 is 4.90 Å². The van der Waals surface area contributed by atoms with E-state index in [4.69, 9.17) is 0 Å². The predicted molar refractivity (Wildman–Crippen MR) is 86.5 cm³/mol. The summed E-state index contributed by atoms with van der Waals surface area (Å²) in [5, 5.41) is 1.91. The molecular weight excluding hydrogens is 320 g/mol. The highest BCUT2D eigenvalue weighted by atomic mass is 32.2. The molecular formula is C15H16N2O3S2. The Morgan fingerprint density at radius 2 is 2.09 bits per heavy atom. The zero-order valence-electron chi connectivity index (χ0n) is 12.1. The Balaban J connectivity index is 1.84. The molecule has 7 heteroatoms. The molecule has 1 N–H and O–H groups in total. The molecule has 5 nitrogen and oxygen atoms in total. The van der Waals surface area contributed by atoms with Gasteiger partial charge in [0, 0.05) is 30.6 Å². The van der Waals surface area contributed by atoms with E-state index in [1.807, 2.05) is 17.5 Å². The van der Waals surface area contributed by atoms with Crippen LogP contribution in [0.4, 0.5) is 5.69 Å². The van der Waals surface area contributed by atoms with E-state index < -0.39 is 10.0 Å². The van der Waals surface area contributed by atoms with E-state index in [0.717, 1.165) is 16.1 Å². The van der Waals surface area contributed by atoms with E-state index in [-0.39, 0.29) is 17.3 Å². The summed E-state index contributed by atoms with van der Waals surface area (Å²) in [5.41, 5.74) is 1.68. The number of amides is 1. The molecule has 1 aromatic carbocycles. The number of carbonyl (C=O) groups is 1. The van der Waals surface area contributed by atoms with Crippen LogP contribution in [0, 0.1) is 0 Å². The summed E-state index contributed by atoms with van der Waals surface area (Å²) < 4.78 is 27.4. The third-order valence-corrected chi connectivity index (χ3v) is 6.00. The Morgan fingerprint density at radius 1 is 1.27 bits per heavy atom. The van der Waals surface area contributed by atoms with Crippen molar-refractivity contribution in [2.24, 2.45) is 0 Å². The third-order valence-electron chi connectivity index (χ3n) is 3.72. The quantitative estimate of drug-likeness (QED) is 0.930. The Labute approximate surface area is 133 Å². The van der Waals surface area contributed by atoms with Crippen molar-refractivity contribution in [2.75, 3.05) is 11.9 Å². The summed E-state index contributed by atoms with van der Waals surface area (Å²) in [6.45, 7) is 0.287. The van der Waals surface area contributed by atoms with Crippen molar-refractivity contribution in [3.05, 3.63) is 46.2 Å². The molecule has 1 aliphatic heterocycles. The topological polar surface area (TPSA) is 66.5 Å². The molecule has 2 heterocycles. The Kier molecular flexibility index (Phi) is 4.03. The van der Waals surface area contributed by atoms with Gasteiger partial charge in [-0.25, -0.2) is 13.1 Å². The Hall–Kier alpha value is -1.70. The maximum atomic E-state index is 12.4. The van der Waals surface area contributed by atoms with Crippen molar-refractivity contribution in [1.82, 2.24) is 4.72 Å². The fraction of sp³-hybridized carbons (Fsp3) is 0.267. The maximum absolute atomic E-state index is 12.4. The predicted octanol–water partition coefficient (Wildman–Crippen LogP) is 2.14. The smallest absolute Gasteiger partial charge is 0.240 e. The molecule has 0 aliphatic carbocycles. The van der Waals surface area contributed by atoms with Crippen molar-refractivity contribution in [1.29, 1.82) is 0 Å². The first-order chi connectivity index (χ1) is 10.5. The lowest BCUT2D eigenvalue weighted by atomic mass is 10.0. The number of fused-ring (bicyclic) bond motifs is 1. The summed E-state index contributed by atoms with van der Waals surface area (Å²) in [7, 11) is -1.84. The normalized spacial score (nSPS) is 15.0. The van der Waals surface area contributed by atoms with Gasteiger partial charge in [0.1, 0.15) is 0 Å². The van der Waals surface area contributed by atoms with E-state index in [0.29, 0.717) is 12.8 Å². The monoisotopic (exact) mass is 336 g/mol. The molecule has 1 aliphatic rings. The van der Waals surface area contributed by atoms with Crippen LogP contribution in [-0.4, -0.2) is 21.4 Å². The first-order valence-electron chi connectivity index (χ1n) is 6.89. The average Bonchev–Trinajstić information content (AvgIpc) is 3.02. The molecule has 0 saturated heterocycles. The highest BCUT2D eigenvalue weighted by Crippen LogP contribution is 2.29. The third kappa shape index (κ3) is 2.92. The highest BCUT2D eigenvalue weighted by molar-refractivity contribution is 7.89. The molecule has 116 valence electrons. The first-order valence-corrected chi connectivity index (χ1v) is 9.25. The van der Waals surface area contributed by atoms with Gasteiger partial charge in [-0.3, -0.25) is 4.79 Å². The van der Waals surface area contributed by atoms with Crippen molar-refractivity contribution in [3.8, 4) is 0 Å². The van der Waals surface area contributed by atoms with Gasteiger partial charge in [-0.15, -0.1) is 11.3 Å². The van der Waals surface area contributed by atoms with E-state index in [2.05, 4.69) is 4.72 Å². The van der Waals surface area contributed by atoms with Gasteiger partial charge >= 0.3 is 0 Å². The minimum absolute atomic E-state index is 0.0546. The molecule has 0 radical (unpaired) electrons. The van der Waals surface area contributed by atoms with Crippen LogP contribution in [0.3, 0.4) is 0 Å². The molecule has 22 heavy (non-hydrogen) atoms. The number of sulfonamides is 1. The lowest BCUT2D eigenvalue weighted by Crippen LogP contribution is -2.31. The van der Waals surface area contributed by atoms with E-state index in [9.17, 15) is 13.2 Å². The zero-order chi connectivity index (χ0) is 15.7. The van der Waals surface area contributed by atoms with E-state index in [1.165, 1.54) is 11.3 Å². The van der Waals surface area contributed by atoms with Crippen LogP contribution in [0.25, 0.3) is 0 Å². The van der Waals surface area contributed by atoms with Gasteiger partial charge in [0.25, 0.3) is 0 Å². The number of aryl methyl sites for hydroxylation is 1. The van der Waals surface area contributed by atoms with Gasteiger partial charge in [0.2, 0.25) is 15.9 Å². The van der Waals surface area contributed by atoms with Gasteiger partial charge in [-0.05, 0) is 41.6 Å². The molecule has 2 aromatic rings.